The highest BCUT2D eigenvalue weighted by Crippen LogP contribution is 2.24. The number of hydrogen-bond donors (Lipinski definition) is 1. The first-order valence-corrected chi connectivity index (χ1v) is 7.73. The highest BCUT2D eigenvalue weighted by molar-refractivity contribution is 5.85. The molecule has 3 nitrogen and oxygen atoms in total. The summed E-state index contributed by atoms with van der Waals surface area (Å²) >= 11 is 0. The van der Waals surface area contributed by atoms with Crippen LogP contribution in [0.15, 0.2) is 24.3 Å². The molecular weight excluding hydrogens is 246 g/mol. The van der Waals surface area contributed by atoms with Gasteiger partial charge in [-0.2, -0.15) is 0 Å². The fraction of sp³-hybridized carbons (Fsp3) is 0.529. The average Bonchev–Trinajstić information content (AvgIpc) is 3.06. The van der Waals surface area contributed by atoms with Gasteiger partial charge in [0.25, 0.3) is 0 Å². The lowest BCUT2D eigenvalue weighted by atomic mass is 10.1. The first kappa shape index (κ1) is 13.7. The maximum atomic E-state index is 3.61. The average molecular weight is 271 g/mol. The molecule has 1 aromatic heterocycles. The van der Waals surface area contributed by atoms with Crippen molar-refractivity contribution < 1.29 is 0 Å². The predicted molar refractivity (Wildman–Crippen MR) is 85.0 cm³/mol. The molecule has 1 N–H and O–H groups in total. The molecule has 0 spiro atoms. The number of aromatic nitrogens is 1. The lowest BCUT2D eigenvalue weighted by Gasteiger charge is -2.15. The molecule has 3 rings (SSSR count). The number of para-hydroxylation sites is 1. The maximum Gasteiger partial charge on any atom is 0.0483 e. The van der Waals surface area contributed by atoms with E-state index in [2.05, 4.69) is 53.0 Å². The molecule has 0 saturated carbocycles. The molecule has 1 saturated heterocycles. The molecule has 1 aliphatic heterocycles. The van der Waals surface area contributed by atoms with Gasteiger partial charge in [0.15, 0.2) is 0 Å². The Morgan fingerprint density at radius 1 is 1.15 bits per heavy atom. The second-order valence-electron chi connectivity index (χ2n) is 5.87. The number of nitrogens with zero attached hydrogens (tertiary/aromatic N) is 2. The Hall–Kier alpha value is -1.32. The van der Waals surface area contributed by atoms with Gasteiger partial charge in [0.2, 0.25) is 0 Å². The summed E-state index contributed by atoms with van der Waals surface area (Å²) in [6.45, 7) is 8.04. The van der Waals surface area contributed by atoms with Crippen molar-refractivity contribution in [1.82, 2.24) is 14.8 Å². The molecule has 0 aliphatic carbocycles. The molecule has 1 fully saturated rings. The van der Waals surface area contributed by atoms with Gasteiger partial charge in [-0.15, -0.1) is 0 Å². The first-order valence-electron chi connectivity index (χ1n) is 7.73. The summed E-state index contributed by atoms with van der Waals surface area (Å²) < 4.78 is 2.33. The zero-order chi connectivity index (χ0) is 13.9. The van der Waals surface area contributed by atoms with Gasteiger partial charge in [-0.05, 0) is 44.5 Å². The molecule has 20 heavy (non-hydrogen) atoms. The lowest BCUT2D eigenvalue weighted by Crippen LogP contribution is -2.30. The zero-order valence-electron chi connectivity index (χ0n) is 12.7. The van der Waals surface area contributed by atoms with Crippen molar-refractivity contribution in [3.05, 3.63) is 35.5 Å². The van der Waals surface area contributed by atoms with E-state index in [1.165, 1.54) is 54.6 Å². The first-order chi connectivity index (χ1) is 9.77. The van der Waals surface area contributed by atoms with E-state index in [4.69, 9.17) is 0 Å². The van der Waals surface area contributed by atoms with E-state index in [1.54, 1.807) is 0 Å². The summed E-state index contributed by atoms with van der Waals surface area (Å²) in [6.07, 6.45) is 2.75. The number of fused-ring (bicyclic) bond motifs is 1. The van der Waals surface area contributed by atoms with E-state index in [9.17, 15) is 0 Å². The Morgan fingerprint density at radius 3 is 2.65 bits per heavy atom. The standard InChI is InChI=1S/C17H25N3/c1-14-15-7-3-4-8-16(15)19(2)17(14)13-18-9-12-20-10-5-6-11-20/h3-4,7-8,18H,5-6,9-13H2,1-2H3. The van der Waals surface area contributed by atoms with E-state index in [-0.39, 0.29) is 0 Å². The summed E-state index contributed by atoms with van der Waals surface area (Å²) in [6, 6.07) is 8.67. The van der Waals surface area contributed by atoms with E-state index in [0.29, 0.717) is 0 Å². The van der Waals surface area contributed by atoms with E-state index in [1.807, 2.05) is 0 Å². The molecule has 2 aromatic rings. The highest BCUT2D eigenvalue weighted by Gasteiger charge is 2.12. The zero-order valence-corrected chi connectivity index (χ0v) is 12.7. The van der Waals surface area contributed by atoms with Crippen LogP contribution in [0, 0.1) is 6.92 Å². The fourth-order valence-electron chi connectivity index (χ4n) is 3.34. The molecule has 1 aliphatic rings. The number of likely N-dealkylation sites (tertiary alicyclic amines) is 1. The van der Waals surface area contributed by atoms with Crippen LogP contribution in [0.4, 0.5) is 0 Å². The van der Waals surface area contributed by atoms with Crippen LogP contribution in [0.2, 0.25) is 0 Å². The van der Waals surface area contributed by atoms with Gasteiger partial charge in [-0.3, -0.25) is 0 Å². The molecule has 0 radical (unpaired) electrons. The van der Waals surface area contributed by atoms with Crippen LogP contribution in [0.25, 0.3) is 10.9 Å². The fourth-order valence-corrected chi connectivity index (χ4v) is 3.34. The third kappa shape index (κ3) is 2.60. The van der Waals surface area contributed by atoms with Gasteiger partial charge in [-0.1, -0.05) is 18.2 Å². The number of aryl methyl sites for hydroxylation is 2. The lowest BCUT2D eigenvalue weighted by molar-refractivity contribution is 0.335. The van der Waals surface area contributed by atoms with Gasteiger partial charge in [0, 0.05) is 43.3 Å². The SMILES string of the molecule is Cc1c(CNCCN2CCCC2)n(C)c2ccccc12. The summed E-state index contributed by atoms with van der Waals surface area (Å²) in [4.78, 5) is 2.56. The third-order valence-electron chi connectivity index (χ3n) is 4.60. The van der Waals surface area contributed by atoms with Crippen LogP contribution in [-0.4, -0.2) is 35.6 Å². The van der Waals surface area contributed by atoms with Crippen molar-refractivity contribution in [2.45, 2.75) is 26.3 Å². The van der Waals surface area contributed by atoms with Gasteiger partial charge < -0.3 is 14.8 Å². The monoisotopic (exact) mass is 271 g/mol. The van der Waals surface area contributed by atoms with Crippen molar-refractivity contribution in [3.8, 4) is 0 Å². The van der Waals surface area contributed by atoms with E-state index < -0.39 is 0 Å². The van der Waals surface area contributed by atoms with Crippen LogP contribution in [0.1, 0.15) is 24.1 Å². The van der Waals surface area contributed by atoms with Crippen molar-refractivity contribution in [2.75, 3.05) is 26.2 Å². The minimum Gasteiger partial charge on any atom is -0.346 e. The van der Waals surface area contributed by atoms with Crippen LogP contribution < -0.4 is 5.32 Å². The van der Waals surface area contributed by atoms with E-state index >= 15 is 0 Å². The Labute approximate surface area is 121 Å². The summed E-state index contributed by atoms with van der Waals surface area (Å²) in [7, 11) is 2.17. The Balaban J connectivity index is 1.62. The van der Waals surface area contributed by atoms with Crippen LogP contribution >= 0.6 is 0 Å². The smallest absolute Gasteiger partial charge is 0.0483 e. The summed E-state index contributed by atoms with van der Waals surface area (Å²) in [5, 5.41) is 4.99. The van der Waals surface area contributed by atoms with Crippen LogP contribution in [0.5, 0.6) is 0 Å². The number of rotatable bonds is 5. The number of benzene rings is 1. The molecular formula is C17H25N3. The molecule has 108 valence electrons. The molecule has 1 aromatic carbocycles. The Bertz CT molecular complexity index is 540. The van der Waals surface area contributed by atoms with Gasteiger partial charge in [0.1, 0.15) is 0 Å². The Kier molecular flexibility index (Phi) is 4.08. The largest absolute Gasteiger partial charge is 0.346 e. The van der Waals surface area contributed by atoms with Crippen molar-refractivity contribution in [1.29, 1.82) is 0 Å². The van der Waals surface area contributed by atoms with Crippen LogP contribution in [0.3, 0.4) is 0 Å². The van der Waals surface area contributed by atoms with Crippen molar-refractivity contribution in [3.63, 3.8) is 0 Å². The Morgan fingerprint density at radius 2 is 1.90 bits per heavy atom. The third-order valence-corrected chi connectivity index (χ3v) is 4.60. The quantitative estimate of drug-likeness (QED) is 0.844. The summed E-state index contributed by atoms with van der Waals surface area (Å²) in [5.41, 5.74) is 4.16. The second-order valence-corrected chi connectivity index (χ2v) is 5.87. The van der Waals surface area contributed by atoms with Crippen molar-refractivity contribution >= 4 is 10.9 Å². The molecule has 3 heteroatoms. The topological polar surface area (TPSA) is 20.2 Å². The van der Waals surface area contributed by atoms with Gasteiger partial charge >= 0.3 is 0 Å². The summed E-state index contributed by atoms with van der Waals surface area (Å²) in [5.74, 6) is 0. The van der Waals surface area contributed by atoms with Crippen molar-refractivity contribution in [2.24, 2.45) is 7.05 Å². The van der Waals surface area contributed by atoms with Gasteiger partial charge in [-0.25, -0.2) is 0 Å². The molecule has 0 unspecified atom stereocenters. The minimum atomic E-state index is 0.963. The van der Waals surface area contributed by atoms with Gasteiger partial charge in [0.05, 0.1) is 0 Å². The number of nitrogens with one attached hydrogen (secondary N) is 1. The molecule has 0 atom stereocenters. The molecule has 0 bridgehead atoms. The predicted octanol–water partition coefficient (Wildman–Crippen LogP) is 2.67. The molecule has 2 heterocycles. The minimum absolute atomic E-state index is 0.963. The van der Waals surface area contributed by atoms with Crippen LogP contribution in [-0.2, 0) is 13.6 Å². The normalized spacial score (nSPS) is 16.3. The second kappa shape index (κ2) is 5.98. The molecule has 0 amide bonds. The highest BCUT2D eigenvalue weighted by atomic mass is 15.2. The number of hydrogen-bond acceptors (Lipinski definition) is 2. The maximum absolute atomic E-state index is 3.61. The van der Waals surface area contributed by atoms with E-state index in [0.717, 1.165) is 13.1 Å².